The minimum atomic E-state index is -4.32. The Hall–Kier alpha value is -2.02. The highest BCUT2D eigenvalue weighted by atomic mass is 19.4. The van der Waals surface area contributed by atoms with E-state index in [-0.39, 0.29) is 5.75 Å². The lowest BCUT2D eigenvalue weighted by molar-refractivity contribution is -0.153. The van der Waals surface area contributed by atoms with Gasteiger partial charge in [-0.3, -0.25) is 4.68 Å². The molecule has 0 fully saturated rings. The summed E-state index contributed by atoms with van der Waals surface area (Å²) in [5, 5.41) is 7.39. The Morgan fingerprint density at radius 3 is 2.82 bits per heavy atom. The Bertz CT molecular complexity index is 596. The Kier molecular flexibility index (Phi) is 5.43. The van der Waals surface area contributed by atoms with Gasteiger partial charge in [0.15, 0.2) is 6.61 Å². The van der Waals surface area contributed by atoms with Crippen LogP contribution in [0.4, 0.5) is 13.2 Å². The van der Waals surface area contributed by atoms with Crippen LogP contribution < -0.4 is 10.1 Å². The SMILES string of the molecule is Cc1cnn(CCNCc2cccc(OCC(F)(F)F)c2)c1. The predicted molar refractivity (Wildman–Crippen MR) is 76.7 cm³/mol. The number of aryl methyl sites for hydroxylation is 1. The monoisotopic (exact) mass is 313 g/mol. The standard InChI is InChI=1S/C15H18F3N3O/c1-12-8-20-21(10-12)6-5-19-9-13-3-2-4-14(7-13)22-11-15(16,17)18/h2-4,7-8,10,19H,5-6,9,11H2,1H3. The van der Waals surface area contributed by atoms with Crippen molar-refractivity contribution in [1.82, 2.24) is 15.1 Å². The Labute approximate surface area is 126 Å². The fraction of sp³-hybridized carbons (Fsp3) is 0.400. The van der Waals surface area contributed by atoms with Crippen molar-refractivity contribution in [1.29, 1.82) is 0 Å². The van der Waals surface area contributed by atoms with Crippen LogP contribution >= 0.6 is 0 Å². The fourth-order valence-corrected chi connectivity index (χ4v) is 1.93. The fourth-order valence-electron chi connectivity index (χ4n) is 1.93. The number of nitrogens with one attached hydrogen (secondary N) is 1. The summed E-state index contributed by atoms with van der Waals surface area (Å²) >= 11 is 0. The van der Waals surface area contributed by atoms with Crippen LogP contribution in [0.1, 0.15) is 11.1 Å². The van der Waals surface area contributed by atoms with Crippen molar-refractivity contribution in [3.05, 3.63) is 47.8 Å². The Morgan fingerprint density at radius 1 is 1.32 bits per heavy atom. The maximum atomic E-state index is 12.1. The first-order valence-corrected chi connectivity index (χ1v) is 6.91. The number of benzene rings is 1. The van der Waals surface area contributed by atoms with Gasteiger partial charge in [-0.05, 0) is 30.2 Å². The number of aromatic nitrogens is 2. The van der Waals surface area contributed by atoms with Gasteiger partial charge in [-0.1, -0.05) is 12.1 Å². The molecule has 0 aliphatic carbocycles. The average molecular weight is 313 g/mol. The molecular formula is C15H18F3N3O. The van der Waals surface area contributed by atoms with Crippen molar-refractivity contribution in [2.45, 2.75) is 26.2 Å². The highest BCUT2D eigenvalue weighted by molar-refractivity contribution is 5.28. The zero-order chi connectivity index (χ0) is 16.0. The number of rotatable bonds is 7. The molecule has 0 saturated carbocycles. The van der Waals surface area contributed by atoms with Crippen LogP contribution in [0.3, 0.4) is 0 Å². The highest BCUT2D eigenvalue weighted by Crippen LogP contribution is 2.19. The molecule has 4 nitrogen and oxygen atoms in total. The van der Waals surface area contributed by atoms with Gasteiger partial charge in [0.2, 0.25) is 0 Å². The molecule has 0 unspecified atom stereocenters. The third kappa shape index (κ3) is 5.77. The zero-order valence-electron chi connectivity index (χ0n) is 12.2. The molecule has 1 aromatic heterocycles. The van der Waals surface area contributed by atoms with Crippen molar-refractivity contribution in [3.63, 3.8) is 0 Å². The lowest BCUT2D eigenvalue weighted by Crippen LogP contribution is -2.20. The second kappa shape index (κ2) is 7.31. The molecule has 1 heterocycles. The normalized spacial score (nSPS) is 11.6. The number of nitrogens with zero attached hydrogens (tertiary/aromatic N) is 2. The third-order valence-corrected chi connectivity index (χ3v) is 2.91. The second-order valence-corrected chi connectivity index (χ2v) is 5.01. The number of alkyl halides is 3. The van der Waals surface area contributed by atoms with E-state index in [4.69, 9.17) is 4.74 Å². The summed E-state index contributed by atoms with van der Waals surface area (Å²) in [6.45, 7) is 2.71. The first-order chi connectivity index (χ1) is 10.4. The summed E-state index contributed by atoms with van der Waals surface area (Å²) in [6, 6.07) is 6.64. The highest BCUT2D eigenvalue weighted by Gasteiger charge is 2.28. The van der Waals surface area contributed by atoms with Crippen LogP contribution in [-0.4, -0.2) is 29.1 Å². The Morgan fingerprint density at radius 2 is 2.14 bits per heavy atom. The molecule has 22 heavy (non-hydrogen) atoms. The number of hydrogen-bond acceptors (Lipinski definition) is 3. The van der Waals surface area contributed by atoms with Gasteiger partial charge in [0.25, 0.3) is 0 Å². The van der Waals surface area contributed by atoms with Crippen molar-refractivity contribution >= 4 is 0 Å². The van der Waals surface area contributed by atoms with Gasteiger partial charge in [0.05, 0.1) is 12.7 Å². The lowest BCUT2D eigenvalue weighted by Gasteiger charge is -2.10. The van der Waals surface area contributed by atoms with Gasteiger partial charge in [0, 0.05) is 19.3 Å². The molecule has 0 radical (unpaired) electrons. The topological polar surface area (TPSA) is 39.1 Å². The number of halogens is 3. The summed E-state index contributed by atoms with van der Waals surface area (Å²) in [4.78, 5) is 0. The van der Waals surface area contributed by atoms with Crippen LogP contribution in [-0.2, 0) is 13.1 Å². The minimum Gasteiger partial charge on any atom is -0.484 e. The van der Waals surface area contributed by atoms with Crippen molar-refractivity contribution < 1.29 is 17.9 Å². The molecule has 2 aromatic rings. The van der Waals surface area contributed by atoms with E-state index < -0.39 is 12.8 Å². The van der Waals surface area contributed by atoms with E-state index in [0.29, 0.717) is 6.54 Å². The largest absolute Gasteiger partial charge is 0.484 e. The minimum absolute atomic E-state index is 0.222. The first kappa shape index (κ1) is 16.4. The molecular weight excluding hydrogens is 295 g/mol. The van der Waals surface area contributed by atoms with E-state index in [1.165, 1.54) is 6.07 Å². The van der Waals surface area contributed by atoms with Gasteiger partial charge in [-0.25, -0.2) is 0 Å². The summed E-state index contributed by atoms with van der Waals surface area (Å²) in [7, 11) is 0. The van der Waals surface area contributed by atoms with E-state index in [1.54, 1.807) is 18.3 Å². The Balaban J connectivity index is 1.75. The van der Waals surface area contributed by atoms with Gasteiger partial charge in [0.1, 0.15) is 5.75 Å². The van der Waals surface area contributed by atoms with Gasteiger partial charge in [-0.2, -0.15) is 18.3 Å². The molecule has 1 aromatic carbocycles. The molecule has 0 atom stereocenters. The molecule has 0 saturated heterocycles. The van der Waals surface area contributed by atoms with E-state index in [0.717, 1.165) is 24.2 Å². The average Bonchev–Trinajstić information content (AvgIpc) is 2.87. The number of hydrogen-bond donors (Lipinski definition) is 1. The van der Waals surface area contributed by atoms with Gasteiger partial charge in [-0.15, -0.1) is 0 Å². The quantitative estimate of drug-likeness (QED) is 0.799. The molecule has 7 heteroatoms. The number of ether oxygens (including phenoxy) is 1. The predicted octanol–water partition coefficient (Wildman–Crippen LogP) is 2.92. The molecule has 2 rings (SSSR count). The second-order valence-electron chi connectivity index (χ2n) is 5.01. The van der Waals surface area contributed by atoms with Crippen molar-refractivity contribution in [2.75, 3.05) is 13.2 Å². The van der Waals surface area contributed by atoms with Gasteiger partial charge < -0.3 is 10.1 Å². The first-order valence-electron chi connectivity index (χ1n) is 6.91. The summed E-state index contributed by atoms with van der Waals surface area (Å²) in [6.07, 6.45) is -0.578. The molecule has 0 bridgehead atoms. The van der Waals surface area contributed by atoms with Crippen LogP contribution in [0.15, 0.2) is 36.7 Å². The summed E-state index contributed by atoms with van der Waals surface area (Å²) in [5.74, 6) is 0.222. The smallest absolute Gasteiger partial charge is 0.422 e. The van der Waals surface area contributed by atoms with E-state index in [1.807, 2.05) is 23.9 Å². The maximum Gasteiger partial charge on any atom is 0.422 e. The van der Waals surface area contributed by atoms with Crippen LogP contribution in [0.25, 0.3) is 0 Å². The maximum absolute atomic E-state index is 12.1. The van der Waals surface area contributed by atoms with Crippen LogP contribution in [0, 0.1) is 6.92 Å². The molecule has 1 N–H and O–H groups in total. The molecule has 0 aliphatic heterocycles. The summed E-state index contributed by atoms with van der Waals surface area (Å²) < 4.78 is 42.9. The van der Waals surface area contributed by atoms with Crippen LogP contribution in [0.2, 0.25) is 0 Å². The van der Waals surface area contributed by atoms with Crippen molar-refractivity contribution in [3.8, 4) is 5.75 Å². The lowest BCUT2D eigenvalue weighted by atomic mass is 10.2. The molecule has 120 valence electrons. The third-order valence-electron chi connectivity index (χ3n) is 2.91. The van der Waals surface area contributed by atoms with Crippen LogP contribution in [0.5, 0.6) is 5.75 Å². The van der Waals surface area contributed by atoms with E-state index in [2.05, 4.69) is 10.4 Å². The van der Waals surface area contributed by atoms with E-state index in [9.17, 15) is 13.2 Å². The summed E-state index contributed by atoms with van der Waals surface area (Å²) in [5.41, 5.74) is 1.98. The van der Waals surface area contributed by atoms with E-state index >= 15 is 0 Å². The van der Waals surface area contributed by atoms with Gasteiger partial charge >= 0.3 is 6.18 Å². The zero-order valence-corrected chi connectivity index (χ0v) is 12.2. The molecule has 0 aliphatic rings. The van der Waals surface area contributed by atoms with Crippen molar-refractivity contribution in [2.24, 2.45) is 0 Å². The molecule has 0 amide bonds. The molecule has 0 spiro atoms.